The van der Waals surface area contributed by atoms with E-state index in [0.717, 1.165) is 19.4 Å². The molecule has 5 heteroatoms. The van der Waals surface area contributed by atoms with Gasteiger partial charge in [-0.15, -0.1) is 0 Å². The maximum atomic E-state index is 12.3. The smallest absolute Gasteiger partial charge is 0.339 e. The van der Waals surface area contributed by atoms with E-state index in [1.807, 2.05) is 0 Å². The summed E-state index contributed by atoms with van der Waals surface area (Å²) in [6.07, 6.45) is 2.06. The normalized spacial score (nSPS) is 35.9. The highest BCUT2D eigenvalue weighted by atomic mass is 16.6. The van der Waals surface area contributed by atoms with Crippen LogP contribution in [0.3, 0.4) is 0 Å². The van der Waals surface area contributed by atoms with Crippen molar-refractivity contribution < 1.29 is 24.2 Å². The lowest BCUT2D eigenvalue weighted by molar-refractivity contribution is -0.163. The van der Waals surface area contributed by atoms with Gasteiger partial charge in [0.25, 0.3) is 0 Å². The first kappa shape index (κ1) is 12.8. The first-order chi connectivity index (χ1) is 10.1. The molecule has 2 saturated carbocycles. The van der Waals surface area contributed by atoms with E-state index in [0.29, 0.717) is 11.8 Å². The number of carbonyl (C=O) groups excluding carboxylic acids is 1. The van der Waals surface area contributed by atoms with E-state index in [1.165, 1.54) is 12.1 Å². The maximum Gasteiger partial charge on any atom is 0.339 e. The molecule has 1 saturated heterocycles. The average molecular weight is 288 g/mol. The number of hydrogen-bond acceptors (Lipinski definition) is 4. The zero-order valence-electron chi connectivity index (χ0n) is 11.4. The van der Waals surface area contributed by atoms with Crippen LogP contribution in [-0.2, 0) is 9.47 Å². The van der Waals surface area contributed by atoms with Crippen molar-refractivity contribution >= 4 is 11.9 Å². The summed E-state index contributed by atoms with van der Waals surface area (Å²) in [7, 11) is 0. The highest BCUT2D eigenvalue weighted by molar-refractivity contribution is 6.02. The lowest BCUT2D eigenvalue weighted by Gasteiger charge is -2.42. The standard InChI is InChI=1S/C16H16O5/c17-15(18)9-3-1-2-4-10(9)16(19)21-13-6-8-5-11(13)14-12(8)7-20-14/h1-4,8,11-14H,5-7H2,(H,17,18)/t8-,11-,12+,13-,14+/m0/s1. The number of rotatable bonds is 3. The number of benzene rings is 1. The van der Waals surface area contributed by atoms with Crippen molar-refractivity contribution in [1.29, 1.82) is 0 Å². The van der Waals surface area contributed by atoms with Crippen LogP contribution in [-0.4, -0.2) is 35.9 Å². The van der Waals surface area contributed by atoms with E-state index in [4.69, 9.17) is 14.6 Å². The number of carbonyl (C=O) groups is 2. The van der Waals surface area contributed by atoms with Gasteiger partial charge in [0.1, 0.15) is 6.10 Å². The second kappa shape index (κ2) is 4.56. The summed E-state index contributed by atoms with van der Waals surface area (Å²) in [4.78, 5) is 23.4. The van der Waals surface area contributed by atoms with Crippen LogP contribution in [0.1, 0.15) is 33.6 Å². The minimum absolute atomic E-state index is 0.0107. The number of carboxylic acid groups (broad SMARTS) is 1. The molecule has 0 radical (unpaired) electrons. The number of aromatic carboxylic acids is 1. The van der Waals surface area contributed by atoms with E-state index in [-0.39, 0.29) is 29.3 Å². The molecule has 0 unspecified atom stereocenters. The maximum absolute atomic E-state index is 12.3. The predicted octanol–water partition coefficient (Wildman–Crippen LogP) is 1.97. The summed E-state index contributed by atoms with van der Waals surface area (Å²) in [5.74, 6) is -0.119. The summed E-state index contributed by atoms with van der Waals surface area (Å²) >= 11 is 0. The first-order valence-electron chi connectivity index (χ1n) is 7.30. The SMILES string of the molecule is O=C(O)c1ccccc1C(=O)O[C@H]1C[C@@H]2C[C@@H]1[C@H]1OC[C@H]21. The van der Waals surface area contributed by atoms with Gasteiger partial charge in [-0.2, -0.15) is 0 Å². The third-order valence-corrected chi connectivity index (χ3v) is 5.15. The molecule has 1 aliphatic heterocycles. The Morgan fingerprint density at radius 1 is 1.14 bits per heavy atom. The Bertz CT molecular complexity index is 608. The van der Waals surface area contributed by atoms with Crippen molar-refractivity contribution in [3.05, 3.63) is 35.4 Å². The van der Waals surface area contributed by atoms with Gasteiger partial charge < -0.3 is 14.6 Å². The summed E-state index contributed by atoms with van der Waals surface area (Å²) in [5.41, 5.74) is 0.113. The van der Waals surface area contributed by atoms with E-state index < -0.39 is 11.9 Å². The van der Waals surface area contributed by atoms with Crippen molar-refractivity contribution in [1.82, 2.24) is 0 Å². The number of carboxylic acids is 1. The van der Waals surface area contributed by atoms with Crippen LogP contribution >= 0.6 is 0 Å². The molecular formula is C16H16O5. The molecule has 2 bridgehead atoms. The highest BCUT2D eigenvalue weighted by Gasteiger charge is 2.59. The minimum atomic E-state index is -1.11. The first-order valence-corrected chi connectivity index (χ1v) is 7.30. The molecule has 3 fully saturated rings. The number of ether oxygens (including phenoxy) is 2. The Labute approximate surface area is 121 Å². The molecule has 1 N–H and O–H groups in total. The monoisotopic (exact) mass is 288 g/mol. The highest BCUT2D eigenvalue weighted by Crippen LogP contribution is 2.55. The Morgan fingerprint density at radius 2 is 1.90 bits per heavy atom. The molecule has 1 aromatic carbocycles. The zero-order chi connectivity index (χ0) is 14.6. The molecule has 110 valence electrons. The molecule has 21 heavy (non-hydrogen) atoms. The van der Waals surface area contributed by atoms with Crippen molar-refractivity contribution in [2.75, 3.05) is 6.61 Å². The minimum Gasteiger partial charge on any atom is -0.478 e. The van der Waals surface area contributed by atoms with Crippen molar-refractivity contribution in [2.45, 2.75) is 25.0 Å². The molecule has 0 spiro atoms. The second-order valence-corrected chi connectivity index (χ2v) is 6.15. The molecule has 1 aromatic rings. The molecule has 5 nitrogen and oxygen atoms in total. The molecule has 1 heterocycles. The third kappa shape index (κ3) is 1.87. The summed E-state index contributed by atoms with van der Waals surface area (Å²) < 4.78 is 11.2. The zero-order valence-corrected chi connectivity index (χ0v) is 11.4. The molecule has 5 atom stereocenters. The van der Waals surface area contributed by atoms with Crippen LogP contribution in [0, 0.1) is 17.8 Å². The van der Waals surface area contributed by atoms with Gasteiger partial charge in [-0.1, -0.05) is 12.1 Å². The fraction of sp³-hybridized carbons (Fsp3) is 0.500. The van der Waals surface area contributed by atoms with E-state index in [1.54, 1.807) is 12.1 Å². The van der Waals surface area contributed by atoms with Gasteiger partial charge in [0.2, 0.25) is 0 Å². The lowest BCUT2D eigenvalue weighted by Crippen LogP contribution is -2.49. The quantitative estimate of drug-likeness (QED) is 0.861. The number of esters is 1. The fourth-order valence-corrected chi connectivity index (χ4v) is 4.11. The van der Waals surface area contributed by atoms with Crippen LogP contribution in [0.25, 0.3) is 0 Å². The van der Waals surface area contributed by atoms with E-state index in [2.05, 4.69) is 0 Å². The van der Waals surface area contributed by atoms with Gasteiger partial charge in [-0.3, -0.25) is 0 Å². The number of fused-ring (bicyclic) bond motifs is 5. The number of hydrogen-bond donors (Lipinski definition) is 1. The van der Waals surface area contributed by atoms with Crippen molar-refractivity contribution in [3.63, 3.8) is 0 Å². The topological polar surface area (TPSA) is 72.8 Å². The van der Waals surface area contributed by atoms with Gasteiger partial charge >= 0.3 is 11.9 Å². The van der Waals surface area contributed by atoms with Crippen LogP contribution in [0.4, 0.5) is 0 Å². The predicted molar refractivity (Wildman–Crippen MR) is 72.0 cm³/mol. The molecule has 3 aliphatic rings. The molecule has 4 rings (SSSR count). The Morgan fingerprint density at radius 3 is 2.52 bits per heavy atom. The molecular weight excluding hydrogens is 272 g/mol. The van der Waals surface area contributed by atoms with Crippen LogP contribution in [0.5, 0.6) is 0 Å². The van der Waals surface area contributed by atoms with Gasteiger partial charge in [0.05, 0.1) is 23.8 Å². The average Bonchev–Trinajstić information content (AvgIpc) is 2.90. The Kier molecular flexibility index (Phi) is 2.79. The van der Waals surface area contributed by atoms with Gasteiger partial charge in [-0.25, -0.2) is 9.59 Å². The second-order valence-electron chi connectivity index (χ2n) is 6.15. The largest absolute Gasteiger partial charge is 0.478 e. The van der Waals surface area contributed by atoms with Gasteiger partial charge in [-0.05, 0) is 30.9 Å². The van der Waals surface area contributed by atoms with Gasteiger partial charge in [0, 0.05) is 11.8 Å². The summed E-state index contributed by atoms with van der Waals surface area (Å²) in [6, 6.07) is 6.17. The van der Waals surface area contributed by atoms with E-state index >= 15 is 0 Å². The van der Waals surface area contributed by atoms with Crippen molar-refractivity contribution in [2.24, 2.45) is 17.8 Å². The van der Waals surface area contributed by atoms with E-state index in [9.17, 15) is 9.59 Å². The Hall–Kier alpha value is -1.88. The molecule has 0 aromatic heterocycles. The third-order valence-electron chi connectivity index (χ3n) is 5.15. The van der Waals surface area contributed by atoms with Crippen LogP contribution in [0.15, 0.2) is 24.3 Å². The summed E-state index contributed by atoms with van der Waals surface area (Å²) in [6.45, 7) is 0.842. The van der Waals surface area contributed by atoms with Crippen LogP contribution < -0.4 is 0 Å². The molecule has 2 aliphatic carbocycles. The fourth-order valence-electron chi connectivity index (χ4n) is 4.11. The Balaban J connectivity index is 1.51. The molecule has 0 amide bonds. The van der Waals surface area contributed by atoms with Gasteiger partial charge in [0.15, 0.2) is 0 Å². The lowest BCUT2D eigenvalue weighted by atomic mass is 9.81. The summed E-state index contributed by atoms with van der Waals surface area (Å²) in [5, 5.41) is 9.14. The van der Waals surface area contributed by atoms with Crippen LogP contribution in [0.2, 0.25) is 0 Å². The van der Waals surface area contributed by atoms with Crippen molar-refractivity contribution in [3.8, 4) is 0 Å².